The molecule has 94 valence electrons. The topological polar surface area (TPSA) is 47.3 Å². The highest BCUT2D eigenvalue weighted by atomic mass is 35.5. The highest BCUT2D eigenvalue weighted by Crippen LogP contribution is 2.28. The first-order valence-electron chi connectivity index (χ1n) is 4.98. The van der Waals surface area contributed by atoms with Gasteiger partial charge in [-0.2, -0.15) is 0 Å². The fourth-order valence-electron chi connectivity index (χ4n) is 1.40. The highest BCUT2D eigenvalue weighted by Gasteiger charge is 2.18. The van der Waals surface area contributed by atoms with E-state index in [4.69, 9.17) is 27.6 Å². The molecule has 2 aromatic rings. The van der Waals surface area contributed by atoms with Crippen LogP contribution in [-0.2, 0) is 10.8 Å². The van der Waals surface area contributed by atoms with Crippen LogP contribution in [0.25, 0.3) is 0 Å². The molecule has 0 saturated carbocycles. The smallest absolute Gasteiger partial charge is 0.210 e. The monoisotopic (exact) mass is 302 g/mol. The van der Waals surface area contributed by atoms with Crippen molar-refractivity contribution in [2.75, 3.05) is 5.75 Å². The van der Waals surface area contributed by atoms with Crippen LogP contribution in [0.2, 0.25) is 10.0 Å². The quantitative estimate of drug-likeness (QED) is 0.811. The lowest BCUT2D eigenvalue weighted by Gasteiger charge is -2.05. The third-order valence-electron chi connectivity index (χ3n) is 2.20. The first-order chi connectivity index (χ1) is 8.59. The van der Waals surface area contributed by atoms with Gasteiger partial charge in [0.2, 0.25) is 5.78 Å². The first-order valence-corrected chi connectivity index (χ1v) is 7.06. The van der Waals surface area contributed by atoms with Gasteiger partial charge >= 0.3 is 0 Å². The van der Waals surface area contributed by atoms with Gasteiger partial charge in [0.15, 0.2) is 5.76 Å². The van der Waals surface area contributed by atoms with Gasteiger partial charge in [0.05, 0.1) is 37.8 Å². The second-order valence-electron chi connectivity index (χ2n) is 3.44. The molecule has 2 rings (SSSR count). The summed E-state index contributed by atoms with van der Waals surface area (Å²) in [7, 11) is -1.59. The third kappa shape index (κ3) is 2.83. The summed E-state index contributed by atoms with van der Waals surface area (Å²) in [4.78, 5) is 12.0. The third-order valence-corrected chi connectivity index (χ3v) is 4.48. The molecule has 1 heterocycles. The Morgan fingerprint density at radius 2 is 1.83 bits per heavy atom. The number of hydrogen-bond acceptors (Lipinski definition) is 3. The van der Waals surface area contributed by atoms with Crippen molar-refractivity contribution < 1.29 is 13.4 Å². The molecule has 0 bridgehead atoms. The maximum Gasteiger partial charge on any atom is 0.210 e. The van der Waals surface area contributed by atoms with Crippen LogP contribution in [-0.4, -0.2) is 15.7 Å². The normalized spacial score (nSPS) is 12.3. The van der Waals surface area contributed by atoms with Crippen LogP contribution in [0.3, 0.4) is 0 Å². The van der Waals surface area contributed by atoms with E-state index in [9.17, 15) is 9.00 Å². The van der Waals surface area contributed by atoms with E-state index in [1.165, 1.54) is 12.3 Å². The van der Waals surface area contributed by atoms with Crippen molar-refractivity contribution in [3.8, 4) is 0 Å². The Bertz CT molecular complexity index is 573. The molecule has 0 N–H and O–H groups in total. The van der Waals surface area contributed by atoms with Gasteiger partial charge in [-0.25, -0.2) is 0 Å². The number of halogens is 2. The van der Waals surface area contributed by atoms with Gasteiger partial charge in [0, 0.05) is 0 Å². The predicted molar refractivity (Wildman–Crippen MR) is 70.8 cm³/mol. The molecule has 0 fully saturated rings. The molecule has 18 heavy (non-hydrogen) atoms. The van der Waals surface area contributed by atoms with Crippen LogP contribution in [0.4, 0.5) is 0 Å². The van der Waals surface area contributed by atoms with E-state index in [0.717, 1.165) is 0 Å². The van der Waals surface area contributed by atoms with Gasteiger partial charge in [-0.05, 0) is 24.3 Å². The number of ketones is 1. The Kier molecular flexibility index (Phi) is 4.22. The summed E-state index contributed by atoms with van der Waals surface area (Å²) in [6.45, 7) is 0. The van der Waals surface area contributed by atoms with Crippen molar-refractivity contribution >= 4 is 39.8 Å². The lowest BCUT2D eigenvalue weighted by atomic mass is 10.3. The van der Waals surface area contributed by atoms with Gasteiger partial charge in [0.1, 0.15) is 0 Å². The molecule has 0 aliphatic carbocycles. The fraction of sp³-hybridized carbons (Fsp3) is 0.0833. The van der Waals surface area contributed by atoms with Crippen molar-refractivity contribution in [2.24, 2.45) is 0 Å². The van der Waals surface area contributed by atoms with Crippen LogP contribution >= 0.6 is 23.2 Å². The molecule has 1 aromatic heterocycles. The molecule has 6 heteroatoms. The van der Waals surface area contributed by atoms with Gasteiger partial charge in [0.25, 0.3) is 0 Å². The van der Waals surface area contributed by atoms with Crippen molar-refractivity contribution in [1.82, 2.24) is 0 Å². The number of rotatable bonds is 4. The van der Waals surface area contributed by atoms with Crippen LogP contribution in [0.5, 0.6) is 0 Å². The minimum Gasteiger partial charge on any atom is -0.461 e. The molecule has 1 atom stereocenters. The summed E-state index contributed by atoms with van der Waals surface area (Å²) in [5.41, 5.74) is 0. The maximum atomic E-state index is 12.1. The lowest BCUT2D eigenvalue weighted by molar-refractivity contribution is 0.0991. The zero-order valence-electron chi connectivity index (χ0n) is 9.06. The summed E-state index contributed by atoms with van der Waals surface area (Å²) in [6.07, 6.45) is 1.39. The summed E-state index contributed by atoms with van der Waals surface area (Å²) >= 11 is 11.8. The van der Waals surface area contributed by atoms with E-state index < -0.39 is 10.8 Å². The van der Waals surface area contributed by atoms with Gasteiger partial charge < -0.3 is 4.42 Å². The van der Waals surface area contributed by atoms with Crippen molar-refractivity contribution in [1.29, 1.82) is 0 Å². The summed E-state index contributed by atoms with van der Waals surface area (Å²) < 4.78 is 17.0. The Morgan fingerprint density at radius 1 is 1.17 bits per heavy atom. The maximum absolute atomic E-state index is 12.1. The minimum absolute atomic E-state index is 0.173. The molecule has 0 saturated heterocycles. The predicted octanol–water partition coefficient (Wildman–Crippen LogP) is 3.58. The molecule has 0 spiro atoms. The Hall–Kier alpha value is -1.10. The van der Waals surface area contributed by atoms with Gasteiger partial charge in [-0.3, -0.25) is 9.00 Å². The lowest BCUT2D eigenvalue weighted by Crippen LogP contribution is -2.11. The van der Waals surface area contributed by atoms with Crippen molar-refractivity contribution in [3.05, 3.63) is 52.4 Å². The van der Waals surface area contributed by atoms with E-state index in [1.54, 1.807) is 24.3 Å². The molecule has 0 aliphatic heterocycles. The van der Waals surface area contributed by atoms with Gasteiger partial charge in [-0.1, -0.05) is 29.3 Å². The number of carbonyl (C=O) groups excluding carboxylic acids is 1. The van der Waals surface area contributed by atoms with Crippen LogP contribution in [0.1, 0.15) is 10.6 Å². The summed E-state index contributed by atoms with van der Waals surface area (Å²) in [5.74, 6) is -0.391. The van der Waals surface area contributed by atoms with E-state index >= 15 is 0 Å². The molecule has 0 radical (unpaired) electrons. The molecule has 3 nitrogen and oxygen atoms in total. The van der Waals surface area contributed by atoms with Crippen LogP contribution in [0, 0.1) is 0 Å². The van der Waals surface area contributed by atoms with E-state index in [-0.39, 0.29) is 32.2 Å². The van der Waals surface area contributed by atoms with Crippen LogP contribution in [0.15, 0.2) is 45.9 Å². The van der Waals surface area contributed by atoms with Crippen molar-refractivity contribution in [3.63, 3.8) is 0 Å². The van der Waals surface area contributed by atoms with E-state index in [2.05, 4.69) is 0 Å². The molecule has 1 aromatic carbocycles. The summed E-state index contributed by atoms with van der Waals surface area (Å²) in [6, 6.07) is 7.93. The minimum atomic E-state index is -1.59. The molecular formula is C12H8Cl2O3S. The number of carbonyl (C=O) groups is 1. The van der Waals surface area contributed by atoms with E-state index in [0.29, 0.717) is 0 Å². The standard InChI is InChI=1S/C12H8Cl2O3S/c13-8-3-1-4-9(14)12(8)18(16)7-10(15)11-5-2-6-17-11/h1-6H,7H2. The van der Waals surface area contributed by atoms with Crippen LogP contribution < -0.4 is 0 Å². The second-order valence-corrected chi connectivity index (χ2v) is 5.64. The Morgan fingerprint density at radius 3 is 2.39 bits per heavy atom. The molecule has 0 amide bonds. The first kappa shape index (κ1) is 13.3. The van der Waals surface area contributed by atoms with Crippen molar-refractivity contribution in [2.45, 2.75) is 4.90 Å². The second kappa shape index (κ2) is 5.69. The number of benzene rings is 1. The molecular weight excluding hydrogens is 295 g/mol. The molecule has 1 unspecified atom stereocenters. The Balaban J connectivity index is 2.20. The van der Waals surface area contributed by atoms with Gasteiger partial charge in [-0.15, -0.1) is 0 Å². The number of hydrogen-bond donors (Lipinski definition) is 0. The average Bonchev–Trinajstić information content (AvgIpc) is 2.81. The fourth-order valence-corrected chi connectivity index (χ4v) is 3.41. The largest absolute Gasteiger partial charge is 0.461 e. The average molecular weight is 303 g/mol. The zero-order chi connectivity index (χ0) is 13.1. The zero-order valence-corrected chi connectivity index (χ0v) is 11.4. The number of Topliss-reactive ketones (excluding diaryl/α,β-unsaturated/α-hetero) is 1. The number of furan rings is 1. The highest BCUT2D eigenvalue weighted by molar-refractivity contribution is 7.86. The van der Waals surface area contributed by atoms with E-state index in [1.807, 2.05) is 0 Å². The SMILES string of the molecule is O=C(CS(=O)c1c(Cl)cccc1Cl)c1ccco1. The Labute approximate surface area is 116 Å². The molecule has 0 aliphatic rings. The summed E-state index contributed by atoms with van der Waals surface area (Å²) in [5, 5.41) is 0.571.